The van der Waals surface area contributed by atoms with Crippen LogP contribution in [0.2, 0.25) is 0 Å². The zero-order valence-corrected chi connectivity index (χ0v) is 26.1. The van der Waals surface area contributed by atoms with Crippen LogP contribution in [0, 0.1) is 49.2 Å². The highest BCUT2D eigenvalue weighted by molar-refractivity contribution is 6.02. The summed E-state index contributed by atoms with van der Waals surface area (Å²) in [6, 6.07) is 10.6. The lowest BCUT2D eigenvalue weighted by molar-refractivity contribution is -0.131. The zero-order chi connectivity index (χ0) is 34.1. The van der Waals surface area contributed by atoms with Crippen molar-refractivity contribution >= 4 is 39.5 Å². The number of carbonyl (C=O) groups is 1. The topological polar surface area (TPSA) is 121 Å². The Morgan fingerprint density at radius 3 is 2.69 bits per heavy atom. The molecule has 5 aromatic rings. The number of aryl methyl sites for hydroxylation is 2. The summed E-state index contributed by atoms with van der Waals surface area (Å²) in [5, 5.41) is 10.8. The van der Waals surface area contributed by atoms with Gasteiger partial charge in [-0.25, -0.2) is 23.1 Å². The van der Waals surface area contributed by atoms with Crippen LogP contribution < -0.4 is 9.64 Å². The number of hydrogen-bond acceptors (Lipinski definition) is 9. The van der Waals surface area contributed by atoms with Crippen molar-refractivity contribution in [2.75, 3.05) is 31.6 Å². The third-order valence-electron chi connectivity index (χ3n) is 8.06. The number of carbonyl (C=O) groups excluding carboxylic acids is 1. The van der Waals surface area contributed by atoms with Crippen molar-refractivity contribution in [3.05, 3.63) is 82.8 Å². The highest BCUT2D eigenvalue weighted by atomic mass is 19.1. The quantitative estimate of drug-likeness (QED) is 0.175. The highest BCUT2D eigenvalue weighted by Crippen LogP contribution is 2.37. The van der Waals surface area contributed by atoms with Crippen LogP contribution in [-0.2, 0) is 4.79 Å². The van der Waals surface area contributed by atoms with E-state index in [0.717, 1.165) is 6.08 Å². The molecule has 1 amide bonds. The molecule has 0 unspecified atom stereocenters. The lowest BCUT2D eigenvalue weighted by Crippen LogP contribution is -2.55. The summed E-state index contributed by atoms with van der Waals surface area (Å²) in [5.74, 6) is -0.291. The molecule has 1 saturated heterocycles. The van der Waals surface area contributed by atoms with E-state index in [1.54, 1.807) is 49.1 Å². The number of fused-ring (bicyclic) bond motifs is 2. The van der Waals surface area contributed by atoms with Crippen molar-refractivity contribution in [1.82, 2.24) is 29.8 Å². The summed E-state index contributed by atoms with van der Waals surface area (Å²) < 4.78 is 51.7. The molecular formula is C35H27F3N8O2. The Hall–Kier alpha value is -6.08. The van der Waals surface area contributed by atoms with Crippen LogP contribution >= 0.6 is 0 Å². The molecule has 2 aromatic carbocycles. The van der Waals surface area contributed by atoms with Gasteiger partial charge in [-0.1, -0.05) is 30.2 Å². The number of piperazine rings is 1. The lowest BCUT2D eigenvalue weighted by Gasteiger charge is -2.41. The SMILES string of the molecule is C#Cc1c(F)ccc2cccc(-c3ncc4c(N5CCN(C(=O)/C(F)=C/c6cc(C)nc(C)n6)[C@@H](CC#N)C5)nc(OC)nc4c3F)c12. The number of terminal acetylenes is 1. The van der Waals surface area contributed by atoms with Crippen LogP contribution in [0.1, 0.15) is 29.2 Å². The van der Waals surface area contributed by atoms with Gasteiger partial charge in [-0.05, 0) is 31.4 Å². The lowest BCUT2D eigenvalue weighted by atomic mass is 9.96. The number of ether oxygens (including phenoxy) is 1. The summed E-state index contributed by atoms with van der Waals surface area (Å²) in [6.07, 6.45) is 7.98. The van der Waals surface area contributed by atoms with Gasteiger partial charge in [-0.3, -0.25) is 9.78 Å². The Bertz CT molecular complexity index is 2210. The van der Waals surface area contributed by atoms with Gasteiger partial charge in [0.1, 0.15) is 28.7 Å². The minimum absolute atomic E-state index is 0.0187. The fraction of sp³-hybridized carbons (Fsp3) is 0.229. The normalized spacial score (nSPS) is 15.0. The Kier molecular flexibility index (Phi) is 8.61. The number of benzene rings is 2. The van der Waals surface area contributed by atoms with Crippen molar-refractivity contribution in [3.63, 3.8) is 0 Å². The molecule has 4 heterocycles. The average molecular weight is 649 g/mol. The van der Waals surface area contributed by atoms with Gasteiger partial charge in [0.25, 0.3) is 5.91 Å². The molecule has 240 valence electrons. The number of pyridine rings is 1. The molecule has 0 spiro atoms. The van der Waals surface area contributed by atoms with E-state index in [-0.39, 0.29) is 71.3 Å². The van der Waals surface area contributed by atoms with Gasteiger partial charge in [0.05, 0.1) is 42.3 Å². The fourth-order valence-electron chi connectivity index (χ4n) is 5.98. The smallest absolute Gasteiger partial charge is 0.318 e. The summed E-state index contributed by atoms with van der Waals surface area (Å²) in [6.45, 7) is 3.68. The van der Waals surface area contributed by atoms with Crippen molar-refractivity contribution in [2.24, 2.45) is 0 Å². The van der Waals surface area contributed by atoms with Crippen molar-refractivity contribution in [1.29, 1.82) is 5.26 Å². The maximum Gasteiger partial charge on any atom is 0.318 e. The second-order valence-corrected chi connectivity index (χ2v) is 11.1. The van der Waals surface area contributed by atoms with Crippen LogP contribution in [-0.4, -0.2) is 68.5 Å². The van der Waals surface area contributed by atoms with Crippen LogP contribution in [0.3, 0.4) is 0 Å². The second kappa shape index (κ2) is 13.0. The number of rotatable bonds is 6. The van der Waals surface area contributed by atoms with Gasteiger partial charge in [-0.15, -0.1) is 6.42 Å². The molecule has 48 heavy (non-hydrogen) atoms. The van der Waals surface area contributed by atoms with E-state index in [4.69, 9.17) is 11.2 Å². The molecule has 0 saturated carbocycles. The first-order chi connectivity index (χ1) is 23.1. The number of hydrogen-bond donors (Lipinski definition) is 0. The van der Waals surface area contributed by atoms with Gasteiger partial charge in [-0.2, -0.15) is 15.2 Å². The second-order valence-electron chi connectivity index (χ2n) is 11.1. The van der Waals surface area contributed by atoms with E-state index >= 15 is 8.78 Å². The van der Waals surface area contributed by atoms with Gasteiger partial charge in [0.2, 0.25) is 0 Å². The molecule has 0 aliphatic carbocycles. The minimum atomic E-state index is -1.03. The largest absolute Gasteiger partial charge is 0.467 e. The molecule has 1 atom stereocenters. The minimum Gasteiger partial charge on any atom is -0.467 e. The van der Waals surface area contributed by atoms with E-state index in [2.05, 4.69) is 36.9 Å². The van der Waals surface area contributed by atoms with Crippen molar-refractivity contribution < 1.29 is 22.7 Å². The van der Waals surface area contributed by atoms with Crippen LogP contribution in [0.15, 0.2) is 48.4 Å². The molecule has 0 bridgehead atoms. The number of amides is 1. The first-order valence-electron chi connectivity index (χ1n) is 14.8. The van der Waals surface area contributed by atoms with Crippen LogP contribution in [0.5, 0.6) is 6.01 Å². The first kappa shape index (κ1) is 31.9. The molecule has 0 radical (unpaired) electrons. The van der Waals surface area contributed by atoms with Gasteiger partial charge in [0.15, 0.2) is 11.6 Å². The number of nitrogens with zero attached hydrogens (tertiary/aromatic N) is 8. The zero-order valence-electron chi connectivity index (χ0n) is 26.1. The Balaban J connectivity index is 1.38. The monoisotopic (exact) mass is 648 g/mol. The molecule has 1 fully saturated rings. The summed E-state index contributed by atoms with van der Waals surface area (Å²) in [4.78, 5) is 37.8. The number of anilines is 1. The number of nitriles is 1. The molecule has 0 N–H and O–H groups in total. The number of methoxy groups -OCH3 is 1. The molecule has 6 rings (SSSR count). The van der Waals surface area contributed by atoms with Gasteiger partial charge in [0, 0.05) is 48.6 Å². The predicted octanol–water partition coefficient (Wildman–Crippen LogP) is 5.46. The van der Waals surface area contributed by atoms with E-state index in [9.17, 15) is 14.4 Å². The third kappa shape index (κ3) is 5.82. The maximum atomic E-state index is 16.4. The van der Waals surface area contributed by atoms with Crippen LogP contribution in [0.25, 0.3) is 39.0 Å². The molecular weight excluding hydrogens is 621 g/mol. The van der Waals surface area contributed by atoms with E-state index in [1.807, 2.05) is 0 Å². The Labute approximate surface area is 273 Å². The van der Waals surface area contributed by atoms with Crippen LogP contribution in [0.4, 0.5) is 19.0 Å². The Morgan fingerprint density at radius 2 is 1.96 bits per heavy atom. The summed E-state index contributed by atoms with van der Waals surface area (Å²) in [7, 11) is 1.34. The molecule has 1 aliphatic heterocycles. The van der Waals surface area contributed by atoms with Crippen molar-refractivity contribution in [3.8, 4) is 35.7 Å². The van der Waals surface area contributed by atoms with Gasteiger partial charge >= 0.3 is 6.01 Å². The van der Waals surface area contributed by atoms with E-state index in [1.165, 1.54) is 24.3 Å². The summed E-state index contributed by atoms with van der Waals surface area (Å²) >= 11 is 0. The van der Waals surface area contributed by atoms with Crippen molar-refractivity contribution in [2.45, 2.75) is 26.3 Å². The molecule has 1 aliphatic rings. The summed E-state index contributed by atoms with van der Waals surface area (Å²) in [5.41, 5.74) is 0.919. The number of aromatic nitrogens is 5. The van der Waals surface area contributed by atoms with E-state index in [0.29, 0.717) is 22.3 Å². The fourth-order valence-corrected chi connectivity index (χ4v) is 5.98. The third-order valence-corrected chi connectivity index (χ3v) is 8.06. The molecule has 10 nitrogen and oxygen atoms in total. The standard InChI is InChI=1S/C35H27F3N8O2/c1-5-24-27(36)10-9-21-7-6-8-25(29(21)24)31-30(38)32-26(17-40-31)33(44-35(43-32)48-4)45-13-14-46(23(18-45)11-12-39)34(47)28(37)16-22-15-19(2)41-20(3)42-22/h1,6-10,15-17,23H,11,13-14,18H2,2-4H3/b28-16-/t23-/m0/s1. The first-order valence-corrected chi connectivity index (χ1v) is 14.8. The molecule has 13 heteroatoms. The predicted molar refractivity (Wildman–Crippen MR) is 173 cm³/mol. The number of halogens is 3. The van der Waals surface area contributed by atoms with E-state index < -0.39 is 29.4 Å². The maximum absolute atomic E-state index is 16.4. The molecule has 3 aromatic heterocycles. The Morgan fingerprint density at radius 1 is 1.15 bits per heavy atom. The highest BCUT2D eigenvalue weighted by Gasteiger charge is 2.34. The average Bonchev–Trinajstić information content (AvgIpc) is 3.07. The van der Waals surface area contributed by atoms with Gasteiger partial charge < -0.3 is 14.5 Å².